The van der Waals surface area contributed by atoms with Gasteiger partial charge in [0, 0.05) is 13.1 Å². The highest BCUT2D eigenvalue weighted by Gasteiger charge is 2.37. The van der Waals surface area contributed by atoms with Crippen molar-refractivity contribution in [3.05, 3.63) is 35.0 Å². The van der Waals surface area contributed by atoms with Crippen molar-refractivity contribution in [3.8, 4) is 0 Å². The lowest BCUT2D eigenvalue weighted by Crippen LogP contribution is -2.49. The Morgan fingerprint density at radius 3 is 2.73 bits per heavy atom. The Balaban J connectivity index is 1.56. The van der Waals surface area contributed by atoms with Crippen LogP contribution in [-0.4, -0.2) is 57.3 Å². The van der Waals surface area contributed by atoms with E-state index in [9.17, 15) is 9.90 Å². The van der Waals surface area contributed by atoms with Crippen LogP contribution in [0.25, 0.3) is 15.8 Å². The number of amides is 1. The molecule has 0 unspecified atom stereocenters. The van der Waals surface area contributed by atoms with Crippen LogP contribution in [-0.2, 0) is 4.79 Å². The summed E-state index contributed by atoms with van der Waals surface area (Å²) >= 11 is 1.46. The summed E-state index contributed by atoms with van der Waals surface area (Å²) in [5, 5.41) is 19.7. The summed E-state index contributed by atoms with van der Waals surface area (Å²) in [5.74, 6) is 0.333. The summed E-state index contributed by atoms with van der Waals surface area (Å²) < 4.78 is 1.02. The standard InChI is InChI=1S/C19H22N4O2S/c1-12(19(25)22-9-5-2-6-10-22)23-11-14(24)16(17(23)20)18-21-13-7-3-4-8-15(13)26-18/h3-4,7-8,12,20,24H,2,5-6,9-11H2,1H3/t12-/m0/s1. The summed E-state index contributed by atoms with van der Waals surface area (Å²) in [6.45, 7) is 3.58. The molecule has 2 N–H and O–H groups in total. The maximum atomic E-state index is 12.8. The van der Waals surface area contributed by atoms with Gasteiger partial charge in [0.2, 0.25) is 5.91 Å². The molecule has 4 rings (SSSR count). The van der Waals surface area contributed by atoms with Crippen LogP contribution in [0.15, 0.2) is 30.0 Å². The zero-order chi connectivity index (χ0) is 18.3. The first kappa shape index (κ1) is 17.0. The molecule has 26 heavy (non-hydrogen) atoms. The van der Waals surface area contributed by atoms with Crippen LogP contribution >= 0.6 is 11.3 Å². The lowest BCUT2D eigenvalue weighted by molar-refractivity contribution is -0.135. The zero-order valence-electron chi connectivity index (χ0n) is 14.7. The summed E-state index contributed by atoms with van der Waals surface area (Å²) in [5.41, 5.74) is 1.31. The fraction of sp³-hybridized carbons (Fsp3) is 0.421. The van der Waals surface area contributed by atoms with E-state index in [-0.39, 0.29) is 24.0 Å². The number of likely N-dealkylation sites (tertiary alicyclic amines) is 1. The quantitative estimate of drug-likeness (QED) is 0.869. The summed E-state index contributed by atoms with van der Waals surface area (Å²) in [7, 11) is 0. The van der Waals surface area contributed by atoms with E-state index in [0.717, 1.165) is 36.1 Å². The maximum Gasteiger partial charge on any atom is 0.245 e. The van der Waals surface area contributed by atoms with E-state index in [0.29, 0.717) is 10.6 Å². The molecule has 1 atom stereocenters. The Bertz CT molecular complexity index is 865. The van der Waals surface area contributed by atoms with E-state index in [1.54, 1.807) is 4.90 Å². The summed E-state index contributed by atoms with van der Waals surface area (Å²) in [4.78, 5) is 20.9. The molecular formula is C19H22N4O2S. The second-order valence-electron chi connectivity index (χ2n) is 6.85. The molecule has 0 saturated carbocycles. The third-order valence-corrected chi connectivity index (χ3v) is 6.19. The number of carbonyl (C=O) groups is 1. The van der Waals surface area contributed by atoms with Gasteiger partial charge in [-0.15, -0.1) is 11.3 Å². The van der Waals surface area contributed by atoms with Gasteiger partial charge in [0.15, 0.2) is 0 Å². The molecule has 2 aliphatic heterocycles. The highest BCUT2D eigenvalue weighted by atomic mass is 32.1. The van der Waals surface area contributed by atoms with Crippen LogP contribution in [0.3, 0.4) is 0 Å². The van der Waals surface area contributed by atoms with Crippen molar-refractivity contribution < 1.29 is 9.90 Å². The number of nitrogens with one attached hydrogen (secondary N) is 1. The molecular weight excluding hydrogens is 348 g/mol. The second-order valence-corrected chi connectivity index (χ2v) is 7.88. The molecule has 3 heterocycles. The zero-order valence-corrected chi connectivity index (χ0v) is 15.6. The maximum absolute atomic E-state index is 12.8. The van der Waals surface area contributed by atoms with Crippen molar-refractivity contribution in [2.45, 2.75) is 32.2 Å². The number of fused-ring (bicyclic) bond motifs is 1. The Hall–Kier alpha value is -2.41. The molecule has 136 valence electrons. The molecule has 0 spiro atoms. The van der Waals surface area contributed by atoms with Crippen molar-refractivity contribution in [2.75, 3.05) is 19.6 Å². The largest absolute Gasteiger partial charge is 0.510 e. The Morgan fingerprint density at radius 2 is 2.00 bits per heavy atom. The topological polar surface area (TPSA) is 80.5 Å². The Labute approximate surface area is 156 Å². The third kappa shape index (κ3) is 2.86. The fourth-order valence-corrected chi connectivity index (χ4v) is 4.68. The van der Waals surface area contributed by atoms with Crippen LogP contribution in [0, 0.1) is 5.41 Å². The molecule has 1 fully saturated rings. The molecule has 7 heteroatoms. The van der Waals surface area contributed by atoms with E-state index in [2.05, 4.69) is 4.98 Å². The monoisotopic (exact) mass is 370 g/mol. The fourth-order valence-electron chi connectivity index (χ4n) is 3.65. The molecule has 2 aromatic rings. The van der Waals surface area contributed by atoms with Gasteiger partial charge in [-0.05, 0) is 38.3 Å². The number of aliphatic hydroxyl groups excluding tert-OH is 1. The van der Waals surface area contributed by atoms with E-state index < -0.39 is 6.04 Å². The minimum absolute atomic E-state index is 0.0350. The number of thiazole rings is 1. The Morgan fingerprint density at radius 1 is 1.27 bits per heavy atom. The number of rotatable bonds is 3. The van der Waals surface area contributed by atoms with Gasteiger partial charge in [-0.1, -0.05) is 12.1 Å². The van der Waals surface area contributed by atoms with Crippen molar-refractivity contribution in [3.63, 3.8) is 0 Å². The lowest BCUT2D eigenvalue weighted by atomic mass is 10.1. The Kier molecular flexibility index (Phi) is 4.40. The smallest absolute Gasteiger partial charge is 0.245 e. The first-order valence-corrected chi connectivity index (χ1v) is 9.80. The second kappa shape index (κ2) is 6.72. The predicted octanol–water partition coefficient (Wildman–Crippen LogP) is 3.26. The van der Waals surface area contributed by atoms with Crippen LogP contribution in [0.5, 0.6) is 0 Å². The summed E-state index contributed by atoms with van der Waals surface area (Å²) in [6.07, 6.45) is 3.24. The third-order valence-electron chi connectivity index (χ3n) is 5.13. The predicted molar refractivity (Wildman–Crippen MR) is 103 cm³/mol. The van der Waals surface area contributed by atoms with Gasteiger partial charge in [-0.3, -0.25) is 10.2 Å². The van der Waals surface area contributed by atoms with Gasteiger partial charge in [-0.25, -0.2) is 4.98 Å². The molecule has 0 aliphatic carbocycles. The van der Waals surface area contributed by atoms with E-state index in [1.807, 2.05) is 36.1 Å². The van der Waals surface area contributed by atoms with Crippen LogP contribution in [0.2, 0.25) is 0 Å². The van der Waals surface area contributed by atoms with Crippen molar-refractivity contribution in [1.82, 2.24) is 14.8 Å². The van der Waals surface area contributed by atoms with Crippen LogP contribution in [0.4, 0.5) is 0 Å². The molecule has 6 nitrogen and oxygen atoms in total. The van der Waals surface area contributed by atoms with E-state index >= 15 is 0 Å². The number of carbonyl (C=O) groups excluding carboxylic acids is 1. The van der Waals surface area contributed by atoms with E-state index in [4.69, 9.17) is 5.41 Å². The minimum Gasteiger partial charge on any atom is -0.510 e. The number of hydrogen-bond acceptors (Lipinski definition) is 5. The normalized spacial score (nSPS) is 19.5. The molecule has 1 aromatic heterocycles. The molecule has 1 amide bonds. The number of piperidine rings is 1. The molecule has 1 saturated heterocycles. The van der Waals surface area contributed by atoms with Crippen LogP contribution in [0.1, 0.15) is 31.2 Å². The SMILES string of the molecule is C[C@@H](C(=O)N1CCCCC1)N1CC(O)=C(c2nc3ccccc3s2)C1=N. The highest BCUT2D eigenvalue weighted by Crippen LogP contribution is 2.34. The highest BCUT2D eigenvalue weighted by molar-refractivity contribution is 7.19. The number of aromatic nitrogens is 1. The van der Waals surface area contributed by atoms with Gasteiger partial charge in [0.1, 0.15) is 22.6 Å². The van der Waals surface area contributed by atoms with Crippen molar-refractivity contribution in [1.29, 1.82) is 5.41 Å². The summed E-state index contributed by atoms with van der Waals surface area (Å²) in [6, 6.07) is 7.31. The van der Waals surface area contributed by atoms with Crippen molar-refractivity contribution >= 4 is 38.9 Å². The first-order chi connectivity index (χ1) is 12.6. The molecule has 0 radical (unpaired) electrons. The molecule has 1 aromatic carbocycles. The number of benzene rings is 1. The average molecular weight is 370 g/mol. The minimum atomic E-state index is -0.463. The molecule has 0 bridgehead atoms. The number of para-hydroxylation sites is 1. The number of amidine groups is 1. The number of nitrogens with zero attached hydrogens (tertiary/aromatic N) is 3. The molecule has 2 aliphatic rings. The van der Waals surface area contributed by atoms with Gasteiger partial charge < -0.3 is 14.9 Å². The van der Waals surface area contributed by atoms with Crippen molar-refractivity contribution in [2.24, 2.45) is 0 Å². The lowest BCUT2D eigenvalue weighted by Gasteiger charge is -2.33. The van der Waals surface area contributed by atoms with Gasteiger partial charge >= 0.3 is 0 Å². The number of hydrogen-bond donors (Lipinski definition) is 2. The van der Waals surface area contributed by atoms with E-state index in [1.165, 1.54) is 17.8 Å². The number of aliphatic hydroxyl groups is 1. The first-order valence-electron chi connectivity index (χ1n) is 8.98. The van der Waals surface area contributed by atoms with Gasteiger partial charge in [-0.2, -0.15) is 0 Å². The van der Waals surface area contributed by atoms with Gasteiger partial charge in [0.25, 0.3) is 0 Å². The van der Waals surface area contributed by atoms with Crippen LogP contribution < -0.4 is 0 Å². The average Bonchev–Trinajstić information content (AvgIpc) is 3.21. The van der Waals surface area contributed by atoms with Gasteiger partial charge in [0.05, 0.1) is 22.3 Å².